The van der Waals surface area contributed by atoms with Crippen LogP contribution >= 0.6 is 0 Å². The molecule has 1 aromatic heterocycles. The zero-order valence-electron chi connectivity index (χ0n) is 16.3. The number of hydrogen-bond acceptors (Lipinski definition) is 6. The summed E-state index contributed by atoms with van der Waals surface area (Å²) < 4.78 is 6.59. The summed E-state index contributed by atoms with van der Waals surface area (Å²) in [5, 5.41) is 6.71. The normalized spacial score (nSPS) is 12.2. The number of benzene rings is 2. The van der Waals surface area contributed by atoms with Gasteiger partial charge in [0.1, 0.15) is 5.82 Å². The molecule has 8 nitrogen and oxygen atoms in total. The highest BCUT2D eigenvalue weighted by molar-refractivity contribution is 6.30. The number of anilines is 1. The van der Waals surface area contributed by atoms with Gasteiger partial charge in [0.15, 0.2) is 18.2 Å². The fourth-order valence-electron chi connectivity index (χ4n) is 3.43. The topological polar surface area (TPSA) is 107 Å². The maximum atomic E-state index is 12.9. The van der Waals surface area contributed by atoms with Gasteiger partial charge in [-0.2, -0.15) is 5.10 Å². The fraction of sp³-hybridized carbons (Fsp3) is 0.136. The van der Waals surface area contributed by atoms with Gasteiger partial charge in [0.2, 0.25) is 0 Å². The van der Waals surface area contributed by atoms with Gasteiger partial charge in [0.25, 0.3) is 5.91 Å². The molecule has 0 aliphatic heterocycles. The first-order chi connectivity index (χ1) is 14.4. The Hall–Kier alpha value is -4.07. The van der Waals surface area contributed by atoms with Gasteiger partial charge in [-0.1, -0.05) is 36.4 Å². The van der Waals surface area contributed by atoms with Crippen LogP contribution in [0.4, 0.5) is 5.82 Å². The summed E-state index contributed by atoms with van der Waals surface area (Å²) in [5.74, 6) is -1.71. The number of ketones is 2. The Morgan fingerprint density at radius 1 is 1.00 bits per heavy atom. The van der Waals surface area contributed by atoms with Gasteiger partial charge in [0.05, 0.1) is 11.3 Å². The van der Waals surface area contributed by atoms with E-state index in [0.717, 1.165) is 5.69 Å². The molecule has 0 fully saturated rings. The van der Waals surface area contributed by atoms with Crippen molar-refractivity contribution in [2.45, 2.75) is 6.92 Å². The van der Waals surface area contributed by atoms with Gasteiger partial charge in [-0.3, -0.25) is 19.1 Å². The minimum absolute atomic E-state index is 0.00568. The van der Waals surface area contributed by atoms with E-state index in [9.17, 15) is 19.2 Å². The molecule has 4 rings (SSSR count). The number of hydrogen-bond donors (Lipinski definition) is 1. The number of aromatic nitrogens is 2. The molecule has 0 unspecified atom stereocenters. The van der Waals surface area contributed by atoms with Crippen LogP contribution in [0.5, 0.6) is 0 Å². The van der Waals surface area contributed by atoms with E-state index >= 15 is 0 Å². The van der Waals surface area contributed by atoms with E-state index in [1.165, 1.54) is 22.9 Å². The standard InChI is InChI=1S/C22H17N3O5/c1-12-10-17(25(2)24-12)23-18(26)11-30-22(29)16-9-5-8-15-19(16)21(28)14-7-4-3-6-13(14)20(15)27/h3-10H,11H2,1-2H3,(H,23,26). The van der Waals surface area contributed by atoms with Gasteiger partial charge in [-0.25, -0.2) is 4.79 Å². The van der Waals surface area contributed by atoms with Gasteiger partial charge >= 0.3 is 5.97 Å². The Balaban J connectivity index is 1.55. The smallest absolute Gasteiger partial charge is 0.339 e. The van der Waals surface area contributed by atoms with Crippen LogP contribution < -0.4 is 5.32 Å². The van der Waals surface area contributed by atoms with E-state index in [4.69, 9.17) is 4.74 Å². The Bertz CT molecular complexity index is 1230. The minimum Gasteiger partial charge on any atom is -0.452 e. The van der Waals surface area contributed by atoms with Crippen molar-refractivity contribution >= 4 is 29.3 Å². The molecule has 1 N–H and O–H groups in total. The quantitative estimate of drug-likeness (QED) is 0.524. The zero-order chi connectivity index (χ0) is 21.4. The lowest BCUT2D eigenvalue weighted by molar-refractivity contribution is -0.119. The van der Waals surface area contributed by atoms with Gasteiger partial charge in [-0.05, 0) is 13.0 Å². The van der Waals surface area contributed by atoms with Crippen LogP contribution in [0.1, 0.15) is 47.9 Å². The van der Waals surface area contributed by atoms with Crippen molar-refractivity contribution in [2.24, 2.45) is 7.05 Å². The third-order valence-corrected chi connectivity index (χ3v) is 4.78. The first-order valence-corrected chi connectivity index (χ1v) is 9.16. The highest BCUT2D eigenvalue weighted by Crippen LogP contribution is 2.29. The van der Waals surface area contributed by atoms with Crippen molar-refractivity contribution in [3.8, 4) is 0 Å². The predicted molar refractivity (Wildman–Crippen MR) is 107 cm³/mol. The summed E-state index contributed by atoms with van der Waals surface area (Å²) in [6, 6.07) is 12.5. The molecule has 0 bridgehead atoms. The monoisotopic (exact) mass is 403 g/mol. The van der Waals surface area contributed by atoms with Crippen molar-refractivity contribution in [2.75, 3.05) is 11.9 Å². The molecule has 1 aliphatic carbocycles. The second kappa shape index (κ2) is 7.40. The first kappa shape index (κ1) is 19.3. The average molecular weight is 403 g/mol. The number of carbonyl (C=O) groups excluding carboxylic acids is 4. The number of nitrogens with one attached hydrogen (secondary N) is 1. The second-order valence-electron chi connectivity index (χ2n) is 6.85. The molecule has 2 aromatic carbocycles. The van der Waals surface area contributed by atoms with E-state index in [2.05, 4.69) is 10.4 Å². The minimum atomic E-state index is -0.858. The average Bonchev–Trinajstić information content (AvgIpc) is 3.06. The van der Waals surface area contributed by atoms with E-state index in [1.54, 1.807) is 44.3 Å². The van der Waals surface area contributed by atoms with Crippen LogP contribution in [-0.4, -0.2) is 39.8 Å². The van der Waals surface area contributed by atoms with E-state index in [1.807, 2.05) is 0 Å². The van der Waals surface area contributed by atoms with Gasteiger partial charge < -0.3 is 10.1 Å². The number of amides is 1. The van der Waals surface area contributed by atoms with Crippen molar-refractivity contribution in [1.82, 2.24) is 9.78 Å². The lowest BCUT2D eigenvalue weighted by Crippen LogP contribution is -2.26. The third-order valence-electron chi connectivity index (χ3n) is 4.78. The summed E-state index contributed by atoms with van der Waals surface area (Å²) in [5.41, 5.74) is 1.34. The summed E-state index contributed by atoms with van der Waals surface area (Å²) in [6.45, 7) is 1.23. The first-order valence-electron chi connectivity index (χ1n) is 9.16. The van der Waals surface area contributed by atoms with Crippen LogP contribution in [0.3, 0.4) is 0 Å². The Kier molecular flexibility index (Phi) is 4.75. The third kappa shape index (κ3) is 3.28. The van der Waals surface area contributed by atoms with Gasteiger partial charge in [0, 0.05) is 35.4 Å². The van der Waals surface area contributed by atoms with Crippen molar-refractivity contribution in [3.05, 3.63) is 82.0 Å². The van der Waals surface area contributed by atoms with Crippen LogP contribution in [-0.2, 0) is 16.6 Å². The summed E-state index contributed by atoms with van der Waals surface area (Å²) >= 11 is 0. The molecule has 150 valence electrons. The van der Waals surface area contributed by atoms with Crippen LogP contribution in [0.15, 0.2) is 48.5 Å². The number of ether oxygens (including phenoxy) is 1. The molecule has 1 heterocycles. The zero-order valence-corrected chi connectivity index (χ0v) is 16.3. The van der Waals surface area contributed by atoms with Crippen molar-refractivity contribution < 1.29 is 23.9 Å². The number of rotatable bonds is 4. The number of esters is 1. The van der Waals surface area contributed by atoms with Crippen LogP contribution in [0.25, 0.3) is 0 Å². The summed E-state index contributed by atoms with van der Waals surface area (Å²) in [7, 11) is 1.67. The SMILES string of the molecule is Cc1cc(NC(=O)COC(=O)c2cccc3c2C(=O)c2ccccc2C3=O)n(C)n1. The summed E-state index contributed by atoms with van der Waals surface area (Å²) in [6.07, 6.45) is 0. The number of nitrogens with zero attached hydrogens (tertiary/aromatic N) is 2. The molecule has 1 amide bonds. The van der Waals surface area contributed by atoms with Crippen LogP contribution in [0, 0.1) is 6.92 Å². The molecule has 0 saturated heterocycles. The molecule has 30 heavy (non-hydrogen) atoms. The molecular formula is C22H17N3O5. The molecule has 0 spiro atoms. The lowest BCUT2D eigenvalue weighted by Gasteiger charge is -2.19. The molecular weight excluding hydrogens is 386 g/mol. The maximum absolute atomic E-state index is 12.9. The number of carbonyl (C=O) groups is 4. The number of aryl methyl sites for hydroxylation is 2. The largest absolute Gasteiger partial charge is 0.452 e. The predicted octanol–water partition coefficient (Wildman–Crippen LogP) is 2.30. The Morgan fingerprint density at radius 3 is 2.33 bits per heavy atom. The van der Waals surface area contributed by atoms with Crippen LogP contribution in [0.2, 0.25) is 0 Å². The Labute approximate surface area is 171 Å². The highest BCUT2D eigenvalue weighted by atomic mass is 16.5. The second-order valence-corrected chi connectivity index (χ2v) is 6.85. The van der Waals surface area contributed by atoms with E-state index in [0.29, 0.717) is 11.4 Å². The molecule has 8 heteroatoms. The fourth-order valence-corrected chi connectivity index (χ4v) is 3.43. The molecule has 0 saturated carbocycles. The lowest BCUT2D eigenvalue weighted by atomic mass is 9.82. The van der Waals surface area contributed by atoms with Gasteiger partial charge in [-0.15, -0.1) is 0 Å². The maximum Gasteiger partial charge on any atom is 0.339 e. The van der Waals surface area contributed by atoms with Crippen molar-refractivity contribution in [3.63, 3.8) is 0 Å². The molecule has 1 aliphatic rings. The summed E-state index contributed by atoms with van der Waals surface area (Å²) in [4.78, 5) is 50.5. The molecule has 3 aromatic rings. The molecule has 0 radical (unpaired) electrons. The number of fused-ring (bicyclic) bond motifs is 2. The highest BCUT2D eigenvalue weighted by Gasteiger charge is 2.33. The van der Waals surface area contributed by atoms with E-state index < -0.39 is 24.3 Å². The Morgan fingerprint density at radius 2 is 1.67 bits per heavy atom. The van der Waals surface area contributed by atoms with E-state index in [-0.39, 0.29) is 28.0 Å². The molecule has 0 atom stereocenters. The van der Waals surface area contributed by atoms with Crippen molar-refractivity contribution in [1.29, 1.82) is 0 Å².